The molecule has 0 amide bonds. The summed E-state index contributed by atoms with van der Waals surface area (Å²) < 4.78 is 14.3. The molecule has 0 fully saturated rings. The molecule has 5 rings (SSSR count). The van der Waals surface area contributed by atoms with Crippen molar-refractivity contribution in [2.45, 2.75) is 78.1 Å². The summed E-state index contributed by atoms with van der Waals surface area (Å²) in [6.45, 7) is 13.3. The Morgan fingerprint density at radius 3 is 0.932 bits per heavy atom. The number of hydrogen-bond acceptors (Lipinski definition) is 4. The molecule has 0 atom stereocenters. The van der Waals surface area contributed by atoms with Crippen molar-refractivity contribution in [1.29, 1.82) is 0 Å². The van der Waals surface area contributed by atoms with E-state index in [0.29, 0.717) is 37.2 Å². The van der Waals surface area contributed by atoms with Crippen molar-refractivity contribution in [3.8, 4) is 23.0 Å². The maximum Gasteiger partial charge on any atom is 0.125 e. The van der Waals surface area contributed by atoms with Crippen LogP contribution in [0, 0.1) is 7.14 Å². The molecule has 0 spiro atoms. The van der Waals surface area contributed by atoms with E-state index in [1.807, 2.05) is 0 Å². The zero-order valence-electron chi connectivity index (χ0n) is 26.9. The van der Waals surface area contributed by atoms with Crippen LogP contribution in [0.4, 0.5) is 0 Å². The maximum absolute atomic E-state index is 11.8. The molecule has 1 aliphatic rings. The van der Waals surface area contributed by atoms with Gasteiger partial charge in [0.05, 0.1) is 14.2 Å². The maximum atomic E-state index is 11.8. The van der Waals surface area contributed by atoms with E-state index < -0.39 is 0 Å². The highest BCUT2D eigenvalue weighted by atomic mass is 127. The molecule has 4 nitrogen and oxygen atoms in total. The van der Waals surface area contributed by atoms with Crippen LogP contribution in [0.5, 0.6) is 23.0 Å². The molecule has 0 aliphatic heterocycles. The van der Waals surface area contributed by atoms with E-state index >= 15 is 0 Å². The topological polar surface area (TPSA) is 58.9 Å². The highest BCUT2D eigenvalue weighted by molar-refractivity contribution is 14.1. The Morgan fingerprint density at radius 1 is 0.477 bits per heavy atom. The average Bonchev–Trinajstić information content (AvgIpc) is 2.92. The fourth-order valence-electron chi connectivity index (χ4n) is 6.22. The number of aromatic hydroxyl groups is 2. The fourth-order valence-corrected chi connectivity index (χ4v) is 7.72. The van der Waals surface area contributed by atoms with Gasteiger partial charge in [-0.2, -0.15) is 0 Å². The van der Waals surface area contributed by atoms with Gasteiger partial charge in [-0.25, -0.2) is 0 Å². The Balaban J connectivity index is 1.86. The van der Waals surface area contributed by atoms with Crippen LogP contribution >= 0.6 is 45.2 Å². The second-order valence-corrected chi connectivity index (χ2v) is 16.5. The molecule has 44 heavy (non-hydrogen) atoms. The van der Waals surface area contributed by atoms with Gasteiger partial charge < -0.3 is 19.7 Å². The second kappa shape index (κ2) is 12.4. The predicted octanol–water partition coefficient (Wildman–Crippen LogP) is 9.60. The van der Waals surface area contributed by atoms with Crippen LogP contribution in [0.25, 0.3) is 0 Å². The van der Waals surface area contributed by atoms with Gasteiger partial charge in [-0.05, 0) is 136 Å². The third-order valence-electron chi connectivity index (χ3n) is 8.61. The highest BCUT2D eigenvalue weighted by Gasteiger charge is 2.25. The van der Waals surface area contributed by atoms with Crippen LogP contribution in [0.1, 0.15) is 97.2 Å². The average molecular weight is 817 g/mol. The van der Waals surface area contributed by atoms with Crippen LogP contribution in [0.3, 0.4) is 0 Å². The van der Waals surface area contributed by atoms with Crippen LogP contribution in [-0.4, -0.2) is 24.4 Å². The quantitative estimate of drug-likeness (QED) is 0.175. The summed E-state index contributed by atoms with van der Waals surface area (Å²) >= 11 is 4.70. The molecule has 0 unspecified atom stereocenters. The number of fused-ring (bicyclic) bond motifs is 8. The van der Waals surface area contributed by atoms with Gasteiger partial charge in [0.15, 0.2) is 0 Å². The first kappa shape index (κ1) is 32.9. The molecule has 8 bridgehead atoms. The monoisotopic (exact) mass is 816 g/mol. The van der Waals surface area contributed by atoms with Gasteiger partial charge in [0.1, 0.15) is 23.0 Å². The van der Waals surface area contributed by atoms with Gasteiger partial charge in [0.2, 0.25) is 0 Å². The Hall–Kier alpha value is -2.46. The predicted molar refractivity (Wildman–Crippen MR) is 196 cm³/mol. The first-order valence-corrected chi connectivity index (χ1v) is 17.2. The van der Waals surface area contributed by atoms with Crippen LogP contribution in [0.2, 0.25) is 0 Å². The molecule has 232 valence electrons. The minimum atomic E-state index is -0.0999. The summed E-state index contributed by atoms with van der Waals surface area (Å²) in [5.41, 5.74) is 9.70. The number of halogens is 2. The zero-order chi connectivity index (χ0) is 32.1. The van der Waals surface area contributed by atoms with Gasteiger partial charge in [0.25, 0.3) is 0 Å². The minimum absolute atomic E-state index is 0.0999. The van der Waals surface area contributed by atoms with Gasteiger partial charge >= 0.3 is 0 Å². The van der Waals surface area contributed by atoms with Crippen molar-refractivity contribution < 1.29 is 19.7 Å². The van der Waals surface area contributed by atoms with Crippen molar-refractivity contribution >= 4 is 45.2 Å². The van der Waals surface area contributed by atoms with Crippen molar-refractivity contribution in [3.63, 3.8) is 0 Å². The smallest absolute Gasteiger partial charge is 0.125 e. The number of methoxy groups -OCH3 is 2. The first-order chi connectivity index (χ1) is 20.6. The van der Waals surface area contributed by atoms with Gasteiger partial charge in [-0.3, -0.25) is 0 Å². The molecule has 0 radical (unpaired) electrons. The zero-order valence-corrected chi connectivity index (χ0v) is 31.2. The Morgan fingerprint density at radius 2 is 0.727 bits per heavy atom. The van der Waals surface area contributed by atoms with Crippen LogP contribution < -0.4 is 9.47 Å². The summed E-state index contributed by atoms with van der Waals surface area (Å²) in [6.07, 6.45) is 2.07. The van der Waals surface area contributed by atoms with E-state index in [4.69, 9.17) is 9.47 Å². The molecule has 4 aromatic carbocycles. The molecule has 0 saturated heterocycles. The summed E-state index contributed by atoms with van der Waals surface area (Å²) in [5.74, 6) is 2.21. The number of phenolic OH excluding ortho intramolecular Hbond substituents is 2. The van der Waals surface area contributed by atoms with Crippen LogP contribution in [-0.2, 0) is 36.5 Å². The van der Waals surface area contributed by atoms with Crippen molar-refractivity contribution in [3.05, 3.63) is 111 Å². The van der Waals surface area contributed by atoms with E-state index in [1.54, 1.807) is 14.2 Å². The summed E-state index contributed by atoms with van der Waals surface area (Å²) in [5, 5.41) is 23.6. The lowest BCUT2D eigenvalue weighted by Gasteiger charge is -2.26. The number of benzene rings is 4. The molecule has 0 saturated carbocycles. The molecule has 6 heteroatoms. The number of hydrogen-bond donors (Lipinski definition) is 2. The third kappa shape index (κ3) is 6.71. The molecule has 4 aromatic rings. The van der Waals surface area contributed by atoms with Crippen molar-refractivity contribution in [1.82, 2.24) is 0 Å². The molecular weight excluding hydrogens is 774 g/mol. The lowest BCUT2D eigenvalue weighted by atomic mass is 9.81. The molecule has 1 aliphatic carbocycles. The Labute approximate surface area is 289 Å². The van der Waals surface area contributed by atoms with Crippen molar-refractivity contribution in [2.24, 2.45) is 0 Å². The molecule has 2 N–H and O–H groups in total. The lowest BCUT2D eigenvalue weighted by molar-refractivity contribution is 0.403. The first-order valence-electron chi connectivity index (χ1n) is 15.0. The molecule has 0 heterocycles. The standard InChI is InChI=1S/C38H42I2O4/c1-37(2,3)29-13-25-9-21-17-31(39)19-23(33(21)41)11-27-15-30(38(4,5)6)16-28(36(27)44-8)12-24-20-32(40)18-22(34(24)42)10-26(14-29)35(25)43-7/h13-20,41-42H,9-12H2,1-8H3. The highest BCUT2D eigenvalue weighted by Crippen LogP contribution is 2.42. The molecular formula is C38H42I2O4. The Kier molecular flexibility index (Phi) is 9.27. The normalized spacial score (nSPS) is 13.5. The SMILES string of the molecule is COc1c2cc(C(C)(C)C)cc1Cc1cc(I)cc(c1O)Cc1cc(C(C)(C)C)cc(c1OC)Cc1cc(I)cc(c1O)C2. The van der Waals surface area contributed by atoms with E-state index in [1.165, 1.54) is 11.1 Å². The van der Waals surface area contributed by atoms with Gasteiger partial charge in [-0.1, -0.05) is 65.8 Å². The lowest BCUT2D eigenvalue weighted by Crippen LogP contribution is -2.14. The van der Waals surface area contributed by atoms with Gasteiger partial charge in [-0.15, -0.1) is 0 Å². The van der Waals surface area contributed by atoms with Crippen LogP contribution in [0.15, 0.2) is 48.5 Å². The largest absolute Gasteiger partial charge is 0.507 e. The second-order valence-electron chi connectivity index (χ2n) is 14.0. The fraction of sp³-hybridized carbons (Fsp3) is 0.368. The Bertz CT molecular complexity index is 1520. The number of rotatable bonds is 2. The van der Waals surface area contributed by atoms with Crippen molar-refractivity contribution in [2.75, 3.05) is 14.2 Å². The third-order valence-corrected chi connectivity index (χ3v) is 9.86. The summed E-state index contributed by atoms with van der Waals surface area (Å²) in [7, 11) is 3.42. The number of phenols is 2. The van der Waals surface area contributed by atoms with E-state index in [9.17, 15) is 10.2 Å². The molecule has 0 aromatic heterocycles. The van der Waals surface area contributed by atoms with E-state index in [-0.39, 0.29) is 10.8 Å². The number of ether oxygens (including phenoxy) is 2. The summed E-state index contributed by atoms with van der Waals surface area (Å²) in [4.78, 5) is 0. The van der Waals surface area contributed by atoms with E-state index in [2.05, 4.69) is 135 Å². The summed E-state index contributed by atoms with van der Waals surface area (Å²) in [6, 6.07) is 17.1. The minimum Gasteiger partial charge on any atom is -0.507 e. The van der Waals surface area contributed by atoms with Gasteiger partial charge in [0, 0.05) is 32.8 Å². The van der Waals surface area contributed by atoms with E-state index in [0.717, 1.165) is 63.1 Å².